The maximum absolute atomic E-state index is 15.2. The van der Waals surface area contributed by atoms with Crippen molar-refractivity contribution in [3.8, 4) is 11.3 Å². The molecule has 0 saturated carbocycles. The molecule has 1 aromatic heterocycles. The summed E-state index contributed by atoms with van der Waals surface area (Å²) in [6.45, 7) is 8.42. The third kappa shape index (κ3) is 20.9. The van der Waals surface area contributed by atoms with E-state index in [0.29, 0.717) is 36.2 Å². The number of aliphatic carboxylic acids is 1. The van der Waals surface area contributed by atoms with Crippen molar-refractivity contribution in [3.05, 3.63) is 125 Å². The highest BCUT2D eigenvalue weighted by Crippen LogP contribution is 2.40. The van der Waals surface area contributed by atoms with Crippen LogP contribution in [0.4, 0.5) is 13.6 Å². The second kappa shape index (κ2) is 32.7. The number of aliphatic hydroxyl groups excluding tert-OH is 1. The Morgan fingerprint density at radius 1 is 0.767 bits per heavy atom. The van der Waals surface area contributed by atoms with Crippen molar-refractivity contribution >= 4 is 59.0 Å². The number of carboxylic acid groups (broad SMARTS) is 1. The van der Waals surface area contributed by atoms with Gasteiger partial charge in [0.25, 0.3) is 11.8 Å². The van der Waals surface area contributed by atoms with Gasteiger partial charge < -0.3 is 52.4 Å². The van der Waals surface area contributed by atoms with E-state index in [-0.39, 0.29) is 125 Å². The normalized spacial score (nSPS) is 14.0. The summed E-state index contributed by atoms with van der Waals surface area (Å²) >= 11 is 0. The minimum absolute atomic E-state index is 0.0643. The molecule has 0 spiro atoms. The van der Waals surface area contributed by atoms with E-state index in [4.69, 9.17) is 16.5 Å². The number of aromatic nitrogens is 2. The summed E-state index contributed by atoms with van der Waals surface area (Å²) in [6.07, 6.45) is 5.40. The maximum atomic E-state index is 15.2. The zero-order valence-electron chi connectivity index (χ0n) is 49.3. The molecule has 464 valence electrons. The first-order valence-corrected chi connectivity index (χ1v) is 28.8. The van der Waals surface area contributed by atoms with Crippen LogP contribution in [0.1, 0.15) is 121 Å². The van der Waals surface area contributed by atoms with Gasteiger partial charge in [0.1, 0.15) is 35.9 Å². The van der Waals surface area contributed by atoms with Gasteiger partial charge in [-0.1, -0.05) is 95.6 Å². The van der Waals surface area contributed by atoms with Gasteiger partial charge in [0.2, 0.25) is 23.6 Å². The molecule has 0 fully saturated rings. The number of hydrogen-bond donors (Lipinski definition) is 8. The Hall–Kier alpha value is -8.51. The molecule has 5 rings (SSSR count). The lowest BCUT2D eigenvalue weighted by Crippen LogP contribution is -2.48. The highest BCUT2D eigenvalue weighted by Gasteiger charge is 2.39. The third-order valence-electron chi connectivity index (χ3n) is 14.7. The number of ketones is 2. The average Bonchev–Trinajstić information content (AvgIpc) is 3.57. The summed E-state index contributed by atoms with van der Waals surface area (Å²) in [5.74, 6) is -7.30. The van der Waals surface area contributed by atoms with Crippen LogP contribution in [0, 0.1) is 28.9 Å². The van der Waals surface area contributed by atoms with Gasteiger partial charge >= 0.3 is 12.0 Å². The molecule has 0 unspecified atom stereocenters. The number of primary amides is 1. The summed E-state index contributed by atoms with van der Waals surface area (Å²) in [7, 11) is 0. The van der Waals surface area contributed by atoms with Crippen LogP contribution in [-0.2, 0) is 62.5 Å². The number of benzene rings is 3. The summed E-state index contributed by atoms with van der Waals surface area (Å²) in [5.41, 5.74) is 12.6. The number of nitrogens with zero attached hydrogens (tertiary/aromatic N) is 4. The number of halogens is 2. The Balaban J connectivity index is 1.14. The molecule has 1 aliphatic heterocycles. The van der Waals surface area contributed by atoms with Crippen molar-refractivity contribution in [3.63, 3.8) is 0 Å². The number of rotatable bonds is 35. The number of Topliss-reactive ketones (excluding diaryl/α,β-unsaturated/α-hetero) is 2. The van der Waals surface area contributed by atoms with E-state index in [1.165, 1.54) is 17.1 Å². The summed E-state index contributed by atoms with van der Waals surface area (Å²) in [6, 6.07) is 13.4. The quantitative estimate of drug-likeness (QED) is 0.0231. The van der Waals surface area contributed by atoms with Crippen LogP contribution in [0.25, 0.3) is 11.3 Å². The van der Waals surface area contributed by atoms with Crippen LogP contribution in [-0.4, -0.2) is 139 Å². The highest BCUT2D eigenvalue weighted by atomic mass is 19.1. The molecule has 5 atom stereocenters. The van der Waals surface area contributed by atoms with Crippen molar-refractivity contribution in [2.75, 3.05) is 32.8 Å². The first kappa shape index (κ1) is 68.3. The molecule has 0 radical (unpaired) electrons. The number of nitrogens with one attached hydrogen (secondary N) is 4. The number of hydrogen-bond acceptors (Lipinski definition) is 13. The fourth-order valence-corrected chi connectivity index (χ4v) is 10.0. The topological polar surface area (TPSA) is 336 Å². The van der Waals surface area contributed by atoms with Gasteiger partial charge in [-0.25, -0.2) is 23.4 Å². The van der Waals surface area contributed by atoms with E-state index in [2.05, 4.69) is 21.3 Å². The number of carbonyl (C=O) groups is 10. The van der Waals surface area contributed by atoms with E-state index < -0.39 is 89.4 Å². The van der Waals surface area contributed by atoms with E-state index in [1.807, 2.05) is 51.1 Å². The number of carboxylic acids is 1. The molecule has 4 aromatic rings. The molecule has 10 N–H and O–H groups in total. The monoisotopic (exact) mass is 1190 g/mol. The lowest BCUT2D eigenvalue weighted by atomic mass is 9.84. The van der Waals surface area contributed by atoms with E-state index in [0.717, 1.165) is 28.7 Å². The SMILES string of the molecule is CC(C)[C@H](CC(=O)CCCCCN1C(=O)C=CC1=O)C(=O)N[C@@H](CCCNC(N)=O)C(=O)Cc1ccc(C[C@H](NC(=O)CCNC(=O)[C@@H](N)CCN(C(=O)CO)[C@@H](c2nc(-c3cc(F)ccc3F)cn2Cc2ccccc2)C(C)(C)C)C(=O)O)cc1. The lowest BCUT2D eigenvalue weighted by Gasteiger charge is -2.40. The maximum Gasteiger partial charge on any atom is 0.326 e. The van der Waals surface area contributed by atoms with Crippen LogP contribution in [0.15, 0.2) is 91.1 Å². The lowest BCUT2D eigenvalue weighted by molar-refractivity contribution is -0.142. The number of unbranched alkanes of at least 4 members (excludes halogenated alkanes) is 2. The molecule has 86 heavy (non-hydrogen) atoms. The first-order valence-electron chi connectivity index (χ1n) is 28.8. The minimum atomic E-state index is -1.39. The van der Waals surface area contributed by atoms with Gasteiger partial charge in [-0.3, -0.25) is 43.3 Å². The molecule has 0 bridgehead atoms. The number of urea groups is 1. The van der Waals surface area contributed by atoms with Gasteiger partial charge in [-0.2, -0.15) is 0 Å². The van der Waals surface area contributed by atoms with Crippen molar-refractivity contribution in [1.29, 1.82) is 0 Å². The molecular weight excluding hydrogens is 1110 g/mol. The van der Waals surface area contributed by atoms with Crippen LogP contribution in [0.5, 0.6) is 0 Å². The second-order valence-electron chi connectivity index (χ2n) is 22.9. The van der Waals surface area contributed by atoms with E-state index in [1.54, 1.807) is 48.9 Å². The number of imide groups is 1. The summed E-state index contributed by atoms with van der Waals surface area (Å²) in [4.78, 5) is 135. The van der Waals surface area contributed by atoms with Crippen LogP contribution < -0.4 is 32.7 Å². The van der Waals surface area contributed by atoms with E-state index in [9.17, 15) is 62.5 Å². The van der Waals surface area contributed by atoms with Gasteiger partial charge in [-0.05, 0) is 78.3 Å². The zero-order chi connectivity index (χ0) is 63.3. The second-order valence-corrected chi connectivity index (χ2v) is 22.9. The fourth-order valence-electron chi connectivity index (χ4n) is 10.0. The van der Waals surface area contributed by atoms with Crippen LogP contribution in [0.3, 0.4) is 0 Å². The predicted molar refractivity (Wildman–Crippen MR) is 314 cm³/mol. The van der Waals surface area contributed by atoms with Gasteiger partial charge in [0.05, 0.1) is 23.8 Å². The van der Waals surface area contributed by atoms with Crippen molar-refractivity contribution in [1.82, 2.24) is 40.6 Å². The van der Waals surface area contributed by atoms with Crippen molar-refractivity contribution in [2.24, 2.45) is 28.7 Å². The Morgan fingerprint density at radius 2 is 1.44 bits per heavy atom. The Morgan fingerprint density at radius 3 is 2.07 bits per heavy atom. The summed E-state index contributed by atoms with van der Waals surface area (Å²) in [5, 5.41) is 30.6. The highest BCUT2D eigenvalue weighted by molar-refractivity contribution is 6.12. The molecule has 22 nitrogen and oxygen atoms in total. The largest absolute Gasteiger partial charge is 0.480 e. The number of amides is 8. The average molecular weight is 1200 g/mol. The smallest absolute Gasteiger partial charge is 0.326 e. The molecule has 2 heterocycles. The van der Waals surface area contributed by atoms with Crippen molar-refractivity contribution in [2.45, 2.75) is 136 Å². The fraction of sp³-hybridized carbons (Fsp3) is 0.468. The third-order valence-corrected chi connectivity index (χ3v) is 14.7. The Kier molecular flexibility index (Phi) is 25.9. The molecule has 0 aliphatic carbocycles. The molecule has 8 amide bonds. The van der Waals surface area contributed by atoms with Crippen LogP contribution >= 0.6 is 0 Å². The zero-order valence-corrected chi connectivity index (χ0v) is 49.3. The molecular formula is C62H80F2N10O12. The van der Waals surface area contributed by atoms with Gasteiger partial charge in [0.15, 0.2) is 5.78 Å². The summed E-state index contributed by atoms with van der Waals surface area (Å²) < 4.78 is 31.3. The number of carbonyl (C=O) groups excluding carboxylic acids is 9. The van der Waals surface area contributed by atoms with Crippen molar-refractivity contribution < 1.29 is 66.9 Å². The molecule has 1 aliphatic rings. The first-order chi connectivity index (χ1) is 40.7. The molecule has 24 heteroatoms. The standard InChI is InChI=1S/C62H80F2N10O12/c1-38(2)44(34-43(76)15-10-7-11-29-73-53(79)23-24-54(73)80)58(82)71-48(16-12-27-68-61(66)86)51(77)32-40-19-17-39(18-20-40)31-49(60(84)85)69-52(78)25-28-67-59(83)47(65)26-30-74(55(81)37-75)56(62(3,4)5)57-70-50(45-33-42(63)21-22-46(45)64)36-72(57)35-41-13-8-6-9-14-41/h6,8-9,13-14,17-24,33,36,38,44,47-49,56,75H,7,10-12,15-16,25-32,34-35,37,65H2,1-5H3,(H,67,83)(H,69,78)(H,71,82)(H,84,85)(H3,66,68,86)/t44-,47-,48-,49-,56-/m0/s1. The van der Waals surface area contributed by atoms with Crippen LogP contribution in [0.2, 0.25) is 0 Å². The Labute approximate surface area is 498 Å². The molecule has 3 aromatic carbocycles. The van der Waals surface area contributed by atoms with E-state index >= 15 is 4.39 Å². The number of nitrogens with two attached hydrogens (primary N) is 2. The number of imidazole rings is 1. The van der Waals surface area contributed by atoms with Gasteiger partial charge in [0, 0.05) is 94.7 Å². The van der Waals surface area contributed by atoms with Gasteiger partial charge in [-0.15, -0.1) is 0 Å². The molecule has 0 saturated heterocycles. The predicted octanol–water partition coefficient (Wildman–Crippen LogP) is 4.58. The Bertz CT molecular complexity index is 3060. The number of aliphatic hydroxyl groups is 1. The minimum Gasteiger partial charge on any atom is -0.480 e.